The summed E-state index contributed by atoms with van der Waals surface area (Å²) in [5, 5.41) is 15.4. The fraction of sp³-hybridized carbons (Fsp3) is 0.250. The molecule has 3 N–H and O–H groups in total. The van der Waals surface area contributed by atoms with Crippen molar-refractivity contribution in [2.45, 2.75) is 6.10 Å². The number of hydrogen-bond acceptors (Lipinski definition) is 5. The van der Waals surface area contributed by atoms with Crippen molar-refractivity contribution in [1.29, 1.82) is 0 Å². The molecule has 0 radical (unpaired) electrons. The van der Waals surface area contributed by atoms with Crippen molar-refractivity contribution in [1.82, 2.24) is 10.3 Å². The number of ether oxygens (including phenoxy) is 2. The highest BCUT2D eigenvalue weighted by Gasteiger charge is 2.15. The average Bonchev–Trinajstić information content (AvgIpc) is 2.60. The number of methoxy groups -OCH3 is 2. The minimum Gasteiger partial charge on any atom is -0.497 e. The Labute approximate surface area is 134 Å². The van der Waals surface area contributed by atoms with Crippen LogP contribution in [0.25, 0.3) is 0 Å². The summed E-state index contributed by atoms with van der Waals surface area (Å²) in [6.45, 7) is 0.0161. The third-order valence-corrected chi connectivity index (χ3v) is 3.16. The van der Waals surface area contributed by atoms with Gasteiger partial charge < -0.3 is 19.9 Å². The van der Waals surface area contributed by atoms with Crippen molar-refractivity contribution >= 4 is 11.8 Å². The molecule has 23 heavy (non-hydrogen) atoms. The summed E-state index contributed by atoms with van der Waals surface area (Å²) in [5.74, 6) is 1.54. The smallest absolute Gasteiger partial charge is 0.320 e. The van der Waals surface area contributed by atoms with Crippen molar-refractivity contribution in [3.8, 4) is 11.5 Å². The van der Waals surface area contributed by atoms with Gasteiger partial charge in [-0.15, -0.1) is 0 Å². The Morgan fingerprint density at radius 3 is 2.74 bits per heavy atom. The lowest BCUT2D eigenvalue weighted by molar-refractivity contribution is 0.170. The standard InChI is InChI=1S/C16H19N3O4/c1-22-11-6-7-14(23-2)12(9-11)13(20)10-18-16(21)19-15-5-3-4-8-17-15/h3-9,13,20H,10H2,1-2H3,(H2,17,18,19,21). The number of urea groups is 1. The van der Waals surface area contributed by atoms with Crippen LogP contribution in [0.1, 0.15) is 11.7 Å². The molecule has 0 fully saturated rings. The molecule has 2 aromatic rings. The van der Waals surface area contributed by atoms with Gasteiger partial charge in [-0.3, -0.25) is 5.32 Å². The predicted molar refractivity (Wildman–Crippen MR) is 85.8 cm³/mol. The van der Waals surface area contributed by atoms with E-state index in [0.29, 0.717) is 22.9 Å². The second kappa shape index (κ2) is 8.00. The second-order valence-corrected chi connectivity index (χ2v) is 4.67. The number of anilines is 1. The van der Waals surface area contributed by atoms with Crippen LogP contribution in [-0.2, 0) is 0 Å². The number of amides is 2. The first-order valence-electron chi connectivity index (χ1n) is 7.00. The van der Waals surface area contributed by atoms with Gasteiger partial charge in [-0.2, -0.15) is 0 Å². The predicted octanol–water partition coefficient (Wildman–Crippen LogP) is 1.95. The van der Waals surface area contributed by atoms with Crippen molar-refractivity contribution in [3.05, 3.63) is 48.2 Å². The van der Waals surface area contributed by atoms with E-state index >= 15 is 0 Å². The Balaban J connectivity index is 1.96. The third kappa shape index (κ3) is 4.58. The first-order chi connectivity index (χ1) is 11.1. The van der Waals surface area contributed by atoms with Gasteiger partial charge in [-0.25, -0.2) is 9.78 Å². The molecule has 0 spiro atoms. The molecule has 1 atom stereocenters. The Morgan fingerprint density at radius 2 is 2.09 bits per heavy atom. The fourth-order valence-corrected chi connectivity index (χ4v) is 2.00. The minimum absolute atomic E-state index is 0.0161. The van der Waals surface area contributed by atoms with Crippen LogP contribution in [0.4, 0.5) is 10.6 Å². The zero-order valence-corrected chi connectivity index (χ0v) is 12.9. The summed E-state index contributed by atoms with van der Waals surface area (Å²) >= 11 is 0. The Morgan fingerprint density at radius 1 is 1.26 bits per heavy atom. The number of nitrogens with zero attached hydrogens (tertiary/aromatic N) is 1. The SMILES string of the molecule is COc1ccc(OC)c(C(O)CNC(=O)Nc2ccccn2)c1. The zero-order chi connectivity index (χ0) is 16.7. The third-order valence-electron chi connectivity index (χ3n) is 3.16. The molecule has 1 aromatic carbocycles. The molecule has 0 bridgehead atoms. The fourth-order valence-electron chi connectivity index (χ4n) is 2.00. The summed E-state index contributed by atoms with van der Waals surface area (Å²) in [7, 11) is 3.05. The average molecular weight is 317 g/mol. The second-order valence-electron chi connectivity index (χ2n) is 4.67. The van der Waals surface area contributed by atoms with Crippen molar-refractivity contribution in [2.24, 2.45) is 0 Å². The number of carbonyl (C=O) groups excluding carboxylic acids is 1. The lowest BCUT2D eigenvalue weighted by Gasteiger charge is -2.16. The molecule has 1 aromatic heterocycles. The van der Waals surface area contributed by atoms with Crippen LogP contribution in [0.3, 0.4) is 0 Å². The number of rotatable bonds is 6. The van der Waals surface area contributed by atoms with Gasteiger partial charge in [-0.05, 0) is 30.3 Å². The van der Waals surface area contributed by atoms with Crippen LogP contribution in [0.2, 0.25) is 0 Å². The summed E-state index contributed by atoms with van der Waals surface area (Å²) < 4.78 is 10.3. The van der Waals surface area contributed by atoms with Gasteiger partial charge in [0.25, 0.3) is 0 Å². The van der Waals surface area contributed by atoms with Crippen LogP contribution < -0.4 is 20.1 Å². The zero-order valence-electron chi connectivity index (χ0n) is 12.9. The summed E-state index contributed by atoms with van der Waals surface area (Å²) in [6, 6.07) is 9.83. The molecule has 1 heterocycles. The maximum atomic E-state index is 11.8. The van der Waals surface area contributed by atoms with Crippen LogP contribution >= 0.6 is 0 Å². The Kier molecular flexibility index (Phi) is 5.76. The van der Waals surface area contributed by atoms with Gasteiger partial charge >= 0.3 is 6.03 Å². The molecule has 2 amide bonds. The molecule has 0 saturated heterocycles. The highest BCUT2D eigenvalue weighted by atomic mass is 16.5. The highest BCUT2D eigenvalue weighted by molar-refractivity contribution is 5.88. The molecule has 7 nitrogen and oxygen atoms in total. The van der Waals surface area contributed by atoms with Gasteiger partial charge in [-0.1, -0.05) is 6.07 Å². The monoisotopic (exact) mass is 317 g/mol. The summed E-state index contributed by atoms with van der Waals surface area (Å²) in [6.07, 6.45) is 0.639. The van der Waals surface area contributed by atoms with Crippen molar-refractivity contribution in [3.63, 3.8) is 0 Å². The number of aliphatic hydroxyl groups is 1. The van der Waals surface area contributed by atoms with Crippen LogP contribution in [0, 0.1) is 0 Å². The first-order valence-corrected chi connectivity index (χ1v) is 7.00. The van der Waals surface area contributed by atoms with Crippen molar-refractivity contribution in [2.75, 3.05) is 26.1 Å². The van der Waals surface area contributed by atoms with Crippen LogP contribution in [0.5, 0.6) is 11.5 Å². The van der Waals surface area contributed by atoms with Gasteiger partial charge in [0.05, 0.1) is 14.2 Å². The molecule has 0 aliphatic rings. The molecule has 0 saturated carbocycles. The molecule has 0 aliphatic heterocycles. The molecule has 2 rings (SSSR count). The van der Waals surface area contributed by atoms with Gasteiger partial charge in [0.1, 0.15) is 23.4 Å². The highest BCUT2D eigenvalue weighted by Crippen LogP contribution is 2.29. The van der Waals surface area contributed by atoms with E-state index in [2.05, 4.69) is 15.6 Å². The summed E-state index contributed by atoms with van der Waals surface area (Å²) in [5.41, 5.74) is 0.532. The number of pyridine rings is 1. The molecular weight excluding hydrogens is 298 g/mol. The van der Waals surface area contributed by atoms with E-state index in [-0.39, 0.29) is 6.54 Å². The number of aliphatic hydroxyl groups excluding tert-OH is 1. The van der Waals surface area contributed by atoms with E-state index in [1.165, 1.54) is 14.2 Å². The first kappa shape index (κ1) is 16.6. The van der Waals surface area contributed by atoms with E-state index in [9.17, 15) is 9.90 Å². The molecule has 0 aliphatic carbocycles. The Hall–Kier alpha value is -2.80. The number of aromatic nitrogens is 1. The van der Waals surface area contributed by atoms with Gasteiger partial charge in [0, 0.05) is 18.3 Å². The summed E-state index contributed by atoms with van der Waals surface area (Å²) in [4.78, 5) is 15.8. The van der Waals surface area contributed by atoms with Crippen LogP contribution in [-0.4, -0.2) is 36.9 Å². The maximum Gasteiger partial charge on any atom is 0.320 e. The number of nitrogens with one attached hydrogen (secondary N) is 2. The molecular formula is C16H19N3O4. The normalized spacial score (nSPS) is 11.4. The quantitative estimate of drug-likeness (QED) is 0.757. The van der Waals surface area contributed by atoms with E-state index in [0.717, 1.165) is 0 Å². The van der Waals surface area contributed by atoms with E-state index in [1.54, 1.807) is 42.6 Å². The lowest BCUT2D eigenvalue weighted by atomic mass is 10.1. The van der Waals surface area contributed by atoms with Crippen molar-refractivity contribution < 1.29 is 19.4 Å². The topological polar surface area (TPSA) is 92.7 Å². The number of carbonyl (C=O) groups is 1. The Bertz CT molecular complexity index is 649. The van der Waals surface area contributed by atoms with Gasteiger partial charge in [0.15, 0.2) is 0 Å². The molecule has 122 valence electrons. The van der Waals surface area contributed by atoms with E-state index < -0.39 is 12.1 Å². The molecule has 1 unspecified atom stereocenters. The van der Waals surface area contributed by atoms with E-state index in [4.69, 9.17) is 9.47 Å². The van der Waals surface area contributed by atoms with Crippen LogP contribution in [0.15, 0.2) is 42.6 Å². The largest absolute Gasteiger partial charge is 0.497 e. The molecule has 7 heteroatoms. The number of benzene rings is 1. The van der Waals surface area contributed by atoms with E-state index in [1.807, 2.05) is 0 Å². The number of hydrogen-bond donors (Lipinski definition) is 3. The minimum atomic E-state index is -0.936. The van der Waals surface area contributed by atoms with Gasteiger partial charge in [0.2, 0.25) is 0 Å². The maximum absolute atomic E-state index is 11.8. The lowest BCUT2D eigenvalue weighted by Crippen LogP contribution is -2.32.